The van der Waals surface area contributed by atoms with Gasteiger partial charge in [-0.1, -0.05) is 11.2 Å². The number of benzene rings is 1. The quantitative estimate of drug-likeness (QED) is 0.711. The number of rotatable bonds is 6. The molecule has 0 amide bonds. The van der Waals surface area contributed by atoms with Crippen LogP contribution in [0.5, 0.6) is 11.5 Å². The topological polar surface area (TPSA) is 87.2 Å². The molecule has 1 N–H and O–H groups in total. The smallest absolute Gasteiger partial charge is 0.254 e. The first-order valence-electron chi connectivity index (χ1n) is 9.00. The first kappa shape index (κ1) is 17.5. The highest BCUT2D eigenvalue weighted by Crippen LogP contribution is 2.34. The van der Waals surface area contributed by atoms with Crippen LogP contribution < -0.4 is 14.8 Å². The molecule has 0 atom stereocenters. The highest BCUT2D eigenvalue weighted by Gasteiger charge is 2.41. The summed E-state index contributed by atoms with van der Waals surface area (Å²) >= 11 is 0. The molecule has 2 aromatic heterocycles. The lowest BCUT2D eigenvalue weighted by atomic mass is 9.88. The Morgan fingerprint density at radius 1 is 1.19 bits per heavy atom. The van der Waals surface area contributed by atoms with E-state index in [0.717, 1.165) is 31.5 Å². The summed E-state index contributed by atoms with van der Waals surface area (Å²) < 4.78 is 18.3. The van der Waals surface area contributed by atoms with Gasteiger partial charge in [0.1, 0.15) is 5.54 Å². The van der Waals surface area contributed by atoms with Crippen molar-refractivity contribution < 1.29 is 14.0 Å². The van der Waals surface area contributed by atoms with Crippen molar-refractivity contribution in [2.75, 3.05) is 27.3 Å². The molecule has 1 fully saturated rings. The van der Waals surface area contributed by atoms with Crippen LogP contribution in [0.15, 0.2) is 41.2 Å². The summed E-state index contributed by atoms with van der Waals surface area (Å²) in [4.78, 5) is 4.72. The van der Waals surface area contributed by atoms with Crippen molar-refractivity contribution in [2.24, 2.45) is 0 Å². The molecule has 0 aliphatic carbocycles. The van der Waals surface area contributed by atoms with E-state index in [2.05, 4.69) is 15.6 Å². The normalized spacial score (nSPS) is 16.2. The molecule has 1 aliphatic heterocycles. The predicted octanol–water partition coefficient (Wildman–Crippen LogP) is 2.00. The van der Waals surface area contributed by atoms with Gasteiger partial charge in [0.25, 0.3) is 5.89 Å². The molecule has 27 heavy (non-hydrogen) atoms. The van der Waals surface area contributed by atoms with Crippen LogP contribution in [0, 0.1) is 0 Å². The van der Waals surface area contributed by atoms with Gasteiger partial charge in [0, 0.05) is 18.8 Å². The van der Waals surface area contributed by atoms with Crippen LogP contribution in [-0.4, -0.2) is 47.2 Å². The maximum Gasteiger partial charge on any atom is 0.254 e. The number of piperidine rings is 1. The van der Waals surface area contributed by atoms with E-state index < -0.39 is 5.54 Å². The third kappa shape index (κ3) is 3.28. The summed E-state index contributed by atoms with van der Waals surface area (Å²) in [7, 11) is 3.25. The number of nitrogens with one attached hydrogen (secondary N) is 1. The summed E-state index contributed by atoms with van der Waals surface area (Å²) in [5.74, 6) is 2.64. The zero-order valence-electron chi connectivity index (χ0n) is 15.5. The molecule has 0 saturated carbocycles. The highest BCUT2D eigenvalue weighted by atomic mass is 16.5. The Bertz CT molecular complexity index is 885. The maximum atomic E-state index is 5.70. The second-order valence-electron chi connectivity index (χ2n) is 6.61. The molecule has 3 heterocycles. The molecule has 1 saturated heterocycles. The zero-order chi connectivity index (χ0) is 18.7. The number of methoxy groups -OCH3 is 2. The van der Waals surface area contributed by atoms with Crippen LogP contribution in [0.4, 0.5) is 0 Å². The van der Waals surface area contributed by atoms with Gasteiger partial charge in [-0.05, 0) is 49.7 Å². The lowest BCUT2D eigenvalue weighted by Crippen LogP contribution is -2.45. The molecule has 0 spiro atoms. The minimum absolute atomic E-state index is 0.391. The van der Waals surface area contributed by atoms with Gasteiger partial charge >= 0.3 is 0 Å². The van der Waals surface area contributed by atoms with Gasteiger partial charge in [-0.15, -0.1) is 0 Å². The largest absolute Gasteiger partial charge is 0.493 e. The predicted molar refractivity (Wildman–Crippen MR) is 98.1 cm³/mol. The maximum absolute atomic E-state index is 5.70. The van der Waals surface area contributed by atoms with E-state index >= 15 is 0 Å². The molecular weight excluding hydrogens is 346 g/mol. The average molecular weight is 369 g/mol. The van der Waals surface area contributed by atoms with E-state index in [4.69, 9.17) is 19.0 Å². The Morgan fingerprint density at radius 3 is 2.70 bits per heavy atom. The van der Waals surface area contributed by atoms with Crippen LogP contribution in [-0.2, 0) is 12.0 Å². The highest BCUT2D eigenvalue weighted by molar-refractivity contribution is 5.43. The Kier molecular flexibility index (Phi) is 4.81. The Morgan fingerprint density at radius 2 is 2.00 bits per heavy atom. The molecule has 142 valence electrons. The summed E-state index contributed by atoms with van der Waals surface area (Å²) in [5.41, 5.74) is 0.635. The molecule has 8 heteroatoms. The van der Waals surface area contributed by atoms with Gasteiger partial charge in [-0.25, -0.2) is 0 Å². The third-order valence-corrected chi connectivity index (χ3v) is 5.05. The Labute approximate surface area is 157 Å². The van der Waals surface area contributed by atoms with Crippen molar-refractivity contribution in [3.63, 3.8) is 0 Å². The third-order valence-electron chi connectivity index (χ3n) is 5.05. The van der Waals surface area contributed by atoms with E-state index in [9.17, 15) is 0 Å². The summed E-state index contributed by atoms with van der Waals surface area (Å²) in [5, 5.41) is 12.1. The van der Waals surface area contributed by atoms with Gasteiger partial charge in [0.15, 0.2) is 17.3 Å². The van der Waals surface area contributed by atoms with Crippen molar-refractivity contribution in [1.29, 1.82) is 0 Å². The number of hydrogen-bond donors (Lipinski definition) is 1. The number of hydrogen-bond acceptors (Lipinski definition) is 7. The monoisotopic (exact) mass is 369 g/mol. The fraction of sp³-hybridized carbons (Fsp3) is 0.421. The lowest BCUT2D eigenvalue weighted by Gasteiger charge is -2.34. The minimum Gasteiger partial charge on any atom is -0.493 e. The fourth-order valence-corrected chi connectivity index (χ4v) is 3.59. The van der Waals surface area contributed by atoms with Crippen LogP contribution >= 0.6 is 0 Å². The molecule has 4 rings (SSSR count). The van der Waals surface area contributed by atoms with Gasteiger partial charge in [0.2, 0.25) is 0 Å². The van der Waals surface area contributed by atoms with E-state index in [1.807, 2.05) is 35.1 Å². The SMILES string of the molecule is COc1ccc(Cc2noc(C3(n4cccn4)CCNCC3)n2)cc1OC. The van der Waals surface area contributed by atoms with Crippen molar-refractivity contribution in [3.8, 4) is 11.5 Å². The van der Waals surface area contributed by atoms with Gasteiger partial charge in [-0.2, -0.15) is 10.1 Å². The molecule has 0 radical (unpaired) electrons. The second kappa shape index (κ2) is 7.40. The molecule has 8 nitrogen and oxygen atoms in total. The summed E-state index contributed by atoms with van der Waals surface area (Å²) in [6, 6.07) is 7.71. The van der Waals surface area contributed by atoms with Gasteiger partial charge < -0.3 is 19.3 Å². The molecule has 3 aromatic rings. The van der Waals surface area contributed by atoms with E-state index in [0.29, 0.717) is 29.6 Å². The van der Waals surface area contributed by atoms with Crippen molar-refractivity contribution >= 4 is 0 Å². The molecule has 0 unspecified atom stereocenters. The fourth-order valence-electron chi connectivity index (χ4n) is 3.59. The van der Waals surface area contributed by atoms with E-state index in [1.165, 1.54) is 0 Å². The second-order valence-corrected chi connectivity index (χ2v) is 6.61. The Hall–Kier alpha value is -2.87. The number of ether oxygens (including phenoxy) is 2. The minimum atomic E-state index is -0.391. The summed E-state index contributed by atoms with van der Waals surface area (Å²) in [6.07, 6.45) is 6.00. The molecule has 0 bridgehead atoms. The number of aromatic nitrogens is 4. The van der Waals surface area contributed by atoms with E-state index in [-0.39, 0.29) is 0 Å². The molecular formula is C19H23N5O3. The van der Waals surface area contributed by atoms with Crippen LogP contribution in [0.25, 0.3) is 0 Å². The van der Waals surface area contributed by atoms with Crippen molar-refractivity contribution in [2.45, 2.75) is 24.8 Å². The van der Waals surface area contributed by atoms with Gasteiger partial charge in [-0.3, -0.25) is 4.68 Å². The molecule has 1 aromatic carbocycles. The number of nitrogens with zero attached hydrogens (tertiary/aromatic N) is 4. The lowest BCUT2D eigenvalue weighted by molar-refractivity contribution is 0.172. The van der Waals surface area contributed by atoms with E-state index in [1.54, 1.807) is 20.4 Å². The van der Waals surface area contributed by atoms with Crippen LogP contribution in [0.2, 0.25) is 0 Å². The van der Waals surface area contributed by atoms with Crippen molar-refractivity contribution in [3.05, 3.63) is 53.9 Å². The summed E-state index contributed by atoms with van der Waals surface area (Å²) in [6.45, 7) is 1.76. The van der Waals surface area contributed by atoms with Gasteiger partial charge in [0.05, 0.1) is 14.2 Å². The van der Waals surface area contributed by atoms with Crippen LogP contribution in [0.1, 0.15) is 30.1 Å². The first-order chi connectivity index (χ1) is 13.2. The molecule has 1 aliphatic rings. The Balaban J connectivity index is 1.61. The van der Waals surface area contributed by atoms with Crippen LogP contribution in [0.3, 0.4) is 0 Å². The van der Waals surface area contributed by atoms with Crippen molar-refractivity contribution in [1.82, 2.24) is 25.2 Å². The average Bonchev–Trinajstić information content (AvgIpc) is 3.41. The standard InChI is InChI=1S/C19H23N5O3/c1-25-15-5-4-14(12-16(15)26-2)13-17-22-18(27-23-17)19(6-9-20-10-7-19)24-11-3-8-21-24/h3-5,8,11-12,20H,6-7,9-10,13H2,1-2H3. The first-order valence-corrected chi connectivity index (χ1v) is 9.00. The zero-order valence-corrected chi connectivity index (χ0v) is 15.5.